The summed E-state index contributed by atoms with van der Waals surface area (Å²) in [5.41, 5.74) is 3.83. The van der Waals surface area contributed by atoms with Crippen LogP contribution in [0.2, 0.25) is 0 Å². The van der Waals surface area contributed by atoms with Crippen molar-refractivity contribution < 1.29 is 24.4 Å². The molecule has 1 saturated heterocycles. The number of terminal acetylenes is 1. The number of anilines is 1. The lowest BCUT2D eigenvalue weighted by Gasteiger charge is -2.23. The Hall–Kier alpha value is -2.32. The van der Waals surface area contributed by atoms with Gasteiger partial charge in [0.2, 0.25) is 0 Å². The van der Waals surface area contributed by atoms with E-state index in [0.717, 1.165) is 0 Å². The minimum Gasteiger partial charge on any atom is -0.392 e. The zero-order valence-electron chi connectivity index (χ0n) is 11.1. The monoisotopic (exact) mass is 309 g/mol. The number of nitrogens with two attached hydrogens (primary N) is 1. The molecule has 4 atom stereocenters. The van der Waals surface area contributed by atoms with Gasteiger partial charge in [0.15, 0.2) is 28.8 Å². The first kappa shape index (κ1) is 14.6. The summed E-state index contributed by atoms with van der Waals surface area (Å²) in [7, 11) is 0. The standard InChI is InChI=1S/C12H12FN5O4/c1-2-12(3-19)7(21)6(20)10(22-12)18-4-15-5-8(14)16-11(13)17-9(5)18/h1,4,6-7,10,19-21H,3H2,(H2,14,16,17)/t6?,7-,10-,12-/m1/s1. The number of aromatic nitrogens is 4. The van der Waals surface area contributed by atoms with Gasteiger partial charge >= 0.3 is 6.08 Å². The number of aliphatic hydroxyl groups excluding tert-OH is 3. The third-order valence-electron chi connectivity index (χ3n) is 3.60. The lowest BCUT2D eigenvalue weighted by Crippen LogP contribution is -2.44. The largest absolute Gasteiger partial charge is 0.392 e. The molecule has 116 valence electrons. The molecule has 3 rings (SSSR count). The zero-order valence-corrected chi connectivity index (χ0v) is 11.1. The number of rotatable bonds is 2. The Bertz CT molecular complexity index is 775. The highest BCUT2D eigenvalue weighted by molar-refractivity contribution is 5.81. The molecule has 0 spiro atoms. The molecular weight excluding hydrogens is 297 g/mol. The molecule has 0 amide bonds. The highest BCUT2D eigenvalue weighted by Crippen LogP contribution is 2.38. The van der Waals surface area contributed by atoms with Crippen LogP contribution < -0.4 is 5.73 Å². The van der Waals surface area contributed by atoms with Crippen molar-refractivity contribution in [2.45, 2.75) is 24.0 Å². The van der Waals surface area contributed by atoms with E-state index in [9.17, 15) is 19.7 Å². The highest BCUT2D eigenvalue weighted by atomic mass is 19.1. The minimum absolute atomic E-state index is 0.0352. The molecule has 1 aliphatic heterocycles. The van der Waals surface area contributed by atoms with Crippen molar-refractivity contribution in [3.63, 3.8) is 0 Å². The van der Waals surface area contributed by atoms with Crippen LogP contribution in [-0.2, 0) is 4.74 Å². The maximum absolute atomic E-state index is 13.3. The number of nitrogen functional groups attached to an aromatic ring is 1. The molecule has 22 heavy (non-hydrogen) atoms. The first-order valence-electron chi connectivity index (χ1n) is 6.21. The Morgan fingerprint density at radius 3 is 2.82 bits per heavy atom. The summed E-state index contributed by atoms with van der Waals surface area (Å²) >= 11 is 0. The molecule has 1 aliphatic rings. The smallest absolute Gasteiger partial charge is 0.312 e. The van der Waals surface area contributed by atoms with Crippen LogP contribution in [0.5, 0.6) is 0 Å². The van der Waals surface area contributed by atoms with Gasteiger partial charge in [-0.15, -0.1) is 6.42 Å². The van der Waals surface area contributed by atoms with Gasteiger partial charge in [0.05, 0.1) is 12.9 Å². The van der Waals surface area contributed by atoms with Gasteiger partial charge in [0, 0.05) is 0 Å². The van der Waals surface area contributed by atoms with Gasteiger partial charge < -0.3 is 25.8 Å². The van der Waals surface area contributed by atoms with Crippen LogP contribution >= 0.6 is 0 Å². The maximum atomic E-state index is 13.3. The SMILES string of the molecule is C#C[C@]1(CO)O[C@@H](n2cnc3c(N)nc(F)nc32)C(O)[C@H]1O. The number of halogens is 1. The van der Waals surface area contributed by atoms with Gasteiger partial charge in [-0.25, -0.2) is 4.98 Å². The van der Waals surface area contributed by atoms with Gasteiger partial charge in [0.25, 0.3) is 0 Å². The second-order valence-corrected chi connectivity index (χ2v) is 4.84. The Balaban J connectivity index is 2.11. The first-order valence-corrected chi connectivity index (χ1v) is 6.21. The second-order valence-electron chi connectivity index (χ2n) is 4.84. The highest BCUT2D eigenvalue weighted by Gasteiger charge is 2.54. The Morgan fingerprint density at radius 1 is 1.50 bits per heavy atom. The van der Waals surface area contributed by atoms with Gasteiger partial charge in [-0.3, -0.25) is 4.57 Å². The van der Waals surface area contributed by atoms with E-state index in [4.69, 9.17) is 16.9 Å². The van der Waals surface area contributed by atoms with Crippen LogP contribution in [0.25, 0.3) is 11.2 Å². The van der Waals surface area contributed by atoms with Crippen molar-refractivity contribution in [1.82, 2.24) is 19.5 Å². The van der Waals surface area contributed by atoms with E-state index in [1.54, 1.807) is 0 Å². The average Bonchev–Trinajstić information content (AvgIpc) is 3.01. The number of hydrogen-bond acceptors (Lipinski definition) is 8. The summed E-state index contributed by atoms with van der Waals surface area (Å²) in [5, 5.41) is 29.5. The van der Waals surface area contributed by atoms with E-state index < -0.39 is 36.7 Å². The lowest BCUT2D eigenvalue weighted by atomic mass is 9.97. The van der Waals surface area contributed by atoms with Crippen molar-refractivity contribution in [1.29, 1.82) is 0 Å². The van der Waals surface area contributed by atoms with Crippen LogP contribution in [0.3, 0.4) is 0 Å². The van der Waals surface area contributed by atoms with Crippen molar-refractivity contribution in [3.8, 4) is 12.3 Å². The molecule has 0 aliphatic carbocycles. The van der Waals surface area contributed by atoms with Gasteiger partial charge in [-0.2, -0.15) is 14.4 Å². The van der Waals surface area contributed by atoms with E-state index >= 15 is 0 Å². The molecule has 5 N–H and O–H groups in total. The third-order valence-corrected chi connectivity index (χ3v) is 3.60. The van der Waals surface area contributed by atoms with Gasteiger partial charge in [0.1, 0.15) is 12.2 Å². The number of hydrogen-bond donors (Lipinski definition) is 4. The molecule has 1 fully saturated rings. The van der Waals surface area contributed by atoms with E-state index in [-0.39, 0.29) is 17.0 Å². The number of imidazole rings is 1. The molecule has 0 radical (unpaired) electrons. The van der Waals surface area contributed by atoms with Gasteiger partial charge in [-0.05, 0) is 0 Å². The molecule has 0 aromatic carbocycles. The minimum atomic E-state index is -1.78. The summed E-state index contributed by atoms with van der Waals surface area (Å²) in [6.45, 7) is -0.712. The van der Waals surface area contributed by atoms with E-state index in [2.05, 4.69) is 20.9 Å². The number of aliphatic hydroxyl groups is 3. The summed E-state index contributed by atoms with van der Waals surface area (Å²) in [6.07, 6.45) is 1.13. The zero-order chi connectivity index (χ0) is 16.1. The molecule has 10 heteroatoms. The Morgan fingerprint density at radius 2 is 2.23 bits per heavy atom. The normalized spacial score (nSPS) is 31.5. The molecule has 0 saturated carbocycles. The maximum Gasteiger partial charge on any atom is 0.312 e. The summed E-state index contributed by atoms with van der Waals surface area (Å²) in [4.78, 5) is 10.8. The van der Waals surface area contributed by atoms with Crippen molar-refractivity contribution in [2.24, 2.45) is 0 Å². The van der Waals surface area contributed by atoms with Crippen molar-refractivity contribution in [2.75, 3.05) is 12.3 Å². The van der Waals surface area contributed by atoms with Crippen LogP contribution in [0, 0.1) is 18.4 Å². The summed E-state index contributed by atoms with van der Waals surface area (Å²) in [5.74, 6) is 1.94. The number of fused-ring (bicyclic) bond motifs is 1. The molecular formula is C12H12FN5O4. The summed E-state index contributed by atoms with van der Waals surface area (Å²) in [6, 6.07) is 0. The van der Waals surface area contributed by atoms with Crippen LogP contribution in [0.1, 0.15) is 6.23 Å². The Kier molecular flexibility index (Phi) is 3.22. The van der Waals surface area contributed by atoms with Gasteiger partial charge in [-0.1, -0.05) is 5.92 Å². The van der Waals surface area contributed by atoms with Crippen LogP contribution in [-0.4, -0.2) is 59.3 Å². The number of ether oxygens (including phenoxy) is 1. The molecule has 9 nitrogen and oxygen atoms in total. The number of nitrogens with zero attached hydrogens (tertiary/aromatic N) is 4. The molecule has 2 aromatic heterocycles. The van der Waals surface area contributed by atoms with E-state index in [0.29, 0.717) is 0 Å². The third kappa shape index (κ3) is 1.84. The molecule has 0 bridgehead atoms. The van der Waals surface area contributed by atoms with E-state index in [1.807, 2.05) is 0 Å². The summed E-state index contributed by atoms with van der Waals surface area (Å²) < 4.78 is 19.9. The molecule has 1 unspecified atom stereocenters. The van der Waals surface area contributed by atoms with Crippen molar-refractivity contribution in [3.05, 3.63) is 12.4 Å². The van der Waals surface area contributed by atoms with Crippen LogP contribution in [0.15, 0.2) is 6.33 Å². The topological polar surface area (TPSA) is 140 Å². The second kappa shape index (κ2) is 4.85. The fourth-order valence-corrected chi connectivity index (χ4v) is 2.40. The Labute approximate surface area is 123 Å². The average molecular weight is 309 g/mol. The molecule has 2 aromatic rings. The fourth-order valence-electron chi connectivity index (χ4n) is 2.40. The van der Waals surface area contributed by atoms with Crippen molar-refractivity contribution >= 4 is 17.0 Å². The van der Waals surface area contributed by atoms with Crippen LogP contribution in [0.4, 0.5) is 10.2 Å². The predicted molar refractivity (Wildman–Crippen MR) is 70.5 cm³/mol. The lowest BCUT2D eigenvalue weighted by molar-refractivity contribution is -0.0911. The fraction of sp³-hybridized carbons (Fsp3) is 0.417. The van der Waals surface area contributed by atoms with E-state index in [1.165, 1.54) is 10.9 Å². The predicted octanol–water partition coefficient (Wildman–Crippen LogP) is -1.84. The first-order chi connectivity index (χ1) is 10.4. The molecule has 3 heterocycles. The quantitative estimate of drug-likeness (QED) is 0.375.